The SMILES string of the molecule is CCNC(=O)N1CC2(CCn3nc(-c4cnc5[nH]ccc5c4)cc32)C1. The van der Waals surface area contributed by atoms with Gasteiger partial charge in [0.15, 0.2) is 0 Å². The number of nitrogens with one attached hydrogen (secondary N) is 2. The van der Waals surface area contributed by atoms with Gasteiger partial charge in [-0.3, -0.25) is 4.68 Å². The Hall–Kier alpha value is -2.83. The van der Waals surface area contributed by atoms with Crippen LogP contribution in [0.5, 0.6) is 0 Å². The molecular weight excluding hydrogens is 316 g/mol. The van der Waals surface area contributed by atoms with Gasteiger partial charge < -0.3 is 15.2 Å². The zero-order chi connectivity index (χ0) is 17.0. The normalized spacial score (nSPS) is 17.7. The van der Waals surface area contributed by atoms with Crippen LogP contribution in [0.3, 0.4) is 0 Å². The maximum Gasteiger partial charge on any atom is 0.317 e. The average Bonchev–Trinajstić information content (AvgIpc) is 3.26. The number of aryl methyl sites for hydroxylation is 1. The second-order valence-electron chi connectivity index (χ2n) is 7.00. The molecule has 0 saturated carbocycles. The summed E-state index contributed by atoms with van der Waals surface area (Å²) in [6.45, 7) is 5.08. The summed E-state index contributed by atoms with van der Waals surface area (Å²) in [6.07, 6.45) is 4.82. The first-order chi connectivity index (χ1) is 12.2. The molecule has 0 atom stereocenters. The third-order valence-corrected chi connectivity index (χ3v) is 5.42. The molecule has 3 aromatic rings. The molecule has 1 saturated heterocycles. The summed E-state index contributed by atoms with van der Waals surface area (Å²) >= 11 is 0. The largest absolute Gasteiger partial charge is 0.346 e. The quantitative estimate of drug-likeness (QED) is 0.752. The van der Waals surface area contributed by atoms with Crippen LogP contribution in [-0.2, 0) is 12.0 Å². The molecule has 0 unspecified atom stereocenters. The van der Waals surface area contributed by atoms with Gasteiger partial charge in [-0.25, -0.2) is 9.78 Å². The lowest BCUT2D eigenvalue weighted by molar-refractivity contribution is 0.0925. The molecule has 2 aliphatic heterocycles. The minimum atomic E-state index is 0.0356. The molecule has 0 bridgehead atoms. The van der Waals surface area contributed by atoms with Crippen molar-refractivity contribution in [1.29, 1.82) is 0 Å². The van der Waals surface area contributed by atoms with Crippen molar-refractivity contribution in [3.8, 4) is 11.3 Å². The number of hydrogen-bond acceptors (Lipinski definition) is 3. The summed E-state index contributed by atoms with van der Waals surface area (Å²) in [4.78, 5) is 21.4. The summed E-state index contributed by atoms with van der Waals surface area (Å²) in [6, 6.07) is 6.35. The Morgan fingerprint density at radius 1 is 1.40 bits per heavy atom. The summed E-state index contributed by atoms with van der Waals surface area (Å²) < 4.78 is 2.10. The number of aromatic nitrogens is 4. The summed E-state index contributed by atoms with van der Waals surface area (Å²) in [7, 11) is 0. The molecule has 5 rings (SSSR count). The van der Waals surface area contributed by atoms with Crippen LogP contribution in [0, 0.1) is 0 Å². The minimum Gasteiger partial charge on any atom is -0.346 e. The van der Waals surface area contributed by atoms with Gasteiger partial charge in [0.05, 0.1) is 5.69 Å². The van der Waals surface area contributed by atoms with Gasteiger partial charge in [0.2, 0.25) is 0 Å². The standard InChI is InChI=1S/C18H20N6O/c1-2-19-17(25)23-10-18(11-23)4-6-24-15(18)8-14(22-24)13-7-12-3-5-20-16(12)21-9-13/h3,5,7-9H,2,4,6,10-11H2,1H3,(H,19,25)(H,20,21). The molecule has 128 valence electrons. The van der Waals surface area contributed by atoms with E-state index in [4.69, 9.17) is 5.10 Å². The number of likely N-dealkylation sites (tertiary alicyclic amines) is 1. The van der Waals surface area contributed by atoms with Crippen LogP contribution in [0.2, 0.25) is 0 Å². The molecule has 0 radical (unpaired) electrons. The summed E-state index contributed by atoms with van der Waals surface area (Å²) in [5.74, 6) is 0. The Balaban J connectivity index is 1.43. The van der Waals surface area contributed by atoms with Crippen LogP contribution in [0.25, 0.3) is 22.3 Å². The Kier molecular flexibility index (Phi) is 2.95. The van der Waals surface area contributed by atoms with E-state index in [1.54, 1.807) is 0 Å². The molecule has 2 aliphatic rings. The van der Waals surface area contributed by atoms with Gasteiger partial charge in [-0.2, -0.15) is 5.10 Å². The Morgan fingerprint density at radius 3 is 3.12 bits per heavy atom. The molecule has 25 heavy (non-hydrogen) atoms. The third-order valence-electron chi connectivity index (χ3n) is 5.42. The number of amides is 2. The van der Waals surface area contributed by atoms with E-state index in [1.165, 1.54) is 5.69 Å². The van der Waals surface area contributed by atoms with Crippen molar-refractivity contribution in [2.75, 3.05) is 19.6 Å². The predicted octanol–water partition coefficient (Wildman–Crippen LogP) is 2.11. The number of H-pyrrole nitrogens is 1. The molecule has 1 spiro atoms. The molecule has 7 nitrogen and oxygen atoms in total. The van der Waals surface area contributed by atoms with Crippen molar-refractivity contribution in [2.24, 2.45) is 0 Å². The fraction of sp³-hybridized carbons (Fsp3) is 0.389. The van der Waals surface area contributed by atoms with Crippen molar-refractivity contribution in [2.45, 2.75) is 25.3 Å². The van der Waals surface area contributed by atoms with E-state index in [1.807, 2.05) is 30.3 Å². The van der Waals surface area contributed by atoms with Gasteiger partial charge >= 0.3 is 6.03 Å². The van der Waals surface area contributed by atoms with E-state index in [-0.39, 0.29) is 11.4 Å². The number of carbonyl (C=O) groups excluding carboxylic acids is 1. The second-order valence-corrected chi connectivity index (χ2v) is 7.00. The summed E-state index contributed by atoms with van der Waals surface area (Å²) in [5, 5.41) is 8.75. The van der Waals surface area contributed by atoms with Crippen LogP contribution in [0.4, 0.5) is 4.79 Å². The molecule has 1 fully saturated rings. The van der Waals surface area contributed by atoms with Gasteiger partial charge in [0.25, 0.3) is 0 Å². The van der Waals surface area contributed by atoms with Crippen LogP contribution in [0.1, 0.15) is 19.0 Å². The first kappa shape index (κ1) is 14.5. The predicted molar refractivity (Wildman–Crippen MR) is 94.3 cm³/mol. The highest BCUT2D eigenvalue weighted by molar-refractivity contribution is 5.80. The smallest absolute Gasteiger partial charge is 0.317 e. The molecule has 2 N–H and O–H groups in total. The Labute approximate surface area is 145 Å². The van der Waals surface area contributed by atoms with E-state index in [0.717, 1.165) is 48.3 Å². The maximum absolute atomic E-state index is 12.0. The van der Waals surface area contributed by atoms with Crippen molar-refractivity contribution < 1.29 is 4.79 Å². The second kappa shape index (κ2) is 5.08. The number of urea groups is 1. The highest BCUT2D eigenvalue weighted by Gasteiger charge is 2.51. The first-order valence-electron chi connectivity index (χ1n) is 8.73. The number of hydrogen-bond donors (Lipinski definition) is 2. The topological polar surface area (TPSA) is 78.8 Å². The minimum absolute atomic E-state index is 0.0356. The van der Waals surface area contributed by atoms with Gasteiger partial charge in [0, 0.05) is 60.6 Å². The molecule has 5 heterocycles. The van der Waals surface area contributed by atoms with Crippen LogP contribution >= 0.6 is 0 Å². The number of nitrogens with zero attached hydrogens (tertiary/aromatic N) is 4. The summed E-state index contributed by atoms with van der Waals surface area (Å²) in [5.41, 5.74) is 4.20. The highest BCUT2D eigenvalue weighted by Crippen LogP contribution is 2.43. The van der Waals surface area contributed by atoms with Crippen LogP contribution < -0.4 is 5.32 Å². The van der Waals surface area contributed by atoms with Gasteiger partial charge in [0.1, 0.15) is 5.65 Å². The number of aromatic amines is 1. The van der Waals surface area contributed by atoms with Crippen molar-refractivity contribution in [1.82, 2.24) is 30.0 Å². The van der Waals surface area contributed by atoms with Crippen LogP contribution in [0.15, 0.2) is 30.6 Å². The average molecular weight is 336 g/mol. The lowest BCUT2D eigenvalue weighted by Crippen LogP contribution is -2.62. The molecule has 0 aliphatic carbocycles. The fourth-order valence-corrected chi connectivity index (χ4v) is 4.09. The van der Waals surface area contributed by atoms with Crippen molar-refractivity contribution in [3.63, 3.8) is 0 Å². The lowest BCUT2D eigenvalue weighted by atomic mass is 9.76. The number of fused-ring (bicyclic) bond motifs is 3. The fourth-order valence-electron chi connectivity index (χ4n) is 4.09. The highest BCUT2D eigenvalue weighted by atomic mass is 16.2. The Morgan fingerprint density at radius 2 is 2.28 bits per heavy atom. The van der Waals surface area contributed by atoms with E-state index >= 15 is 0 Å². The molecule has 0 aromatic carbocycles. The lowest BCUT2D eigenvalue weighted by Gasteiger charge is -2.47. The zero-order valence-corrected chi connectivity index (χ0v) is 14.1. The third kappa shape index (κ3) is 2.08. The maximum atomic E-state index is 12.0. The van der Waals surface area contributed by atoms with Gasteiger partial charge in [-0.1, -0.05) is 0 Å². The van der Waals surface area contributed by atoms with Crippen LogP contribution in [-0.4, -0.2) is 50.3 Å². The molecular formula is C18H20N6O. The number of pyridine rings is 1. The molecule has 3 aromatic heterocycles. The van der Waals surface area contributed by atoms with Gasteiger partial charge in [-0.15, -0.1) is 0 Å². The Bertz CT molecular complexity index is 965. The number of rotatable bonds is 2. The first-order valence-corrected chi connectivity index (χ1v) is 8.73. The van der Waals surface area contributed by atoms with E-state index in [0.29, 0.717) is 6.54 Å². The zero-order valence-electron chi connectivity index (χ0n) is 14.1. The number of carbonyl (C=O) groups is 1. The van der Waals surface area contributed by atoms with E-state index in [9.17, 15) is 4.79 Å². The van der Waals surface area contributed by atoms with Crippen molar-refractivity contribution >= 4 is 17.1 Å². The molecule has 7 heteroatoms. The monoisotopic (exact) mass is 336 g/mol. The van der Waals surface area contributed by atoms with E-state index < -0.39 is 0 Å². The van der Waals surface area contributed by atoms with Gasteiger partial charge in [-0.05, 0) is 31.5 Å². The van der Waals surface area contributed by atoms with Crippen molar-refractivity contribution in [3.05, 3.63) is 36.3 Å². The van der Waals surface area contributed by atoms with E-state index in [2.05, 4.69) is 32.1 Å². The molecule has 2 amide bonds.